The lowest BCUT2D eigenvalue weighted by atomic mass is 9.77. The minimum Gasteiger partial charge on any atom is -0.307 e. The Morgan fingerprint density at radius 3 is 1.08 bits per heavy atom. The van der Waals surface area contributed by atoms with Crippen LogP contribution in [0.5, 0.6) is 0 Å². The van der Waals surface area contributed by atoms with Crippen molar-refractivity contribution in [2.45, 2.75) is 0 Å². The molecule has 0 unspecified atom stereocenters. The summed E-state index contributed by atoms with van der Waals surface area (Å²) in [5, 5.41) is 10.2. The van der Waals surface area contributed by atoms with Gasteiger partial charge in [0.15, 0.2) is 0 Å². The highest BCUT2D eigenvalue weighted by Crippen LogP contribution is 2.65. The summed E-state index contributed by atoms with van der Waals surface area (Å²) < 4.78 is 0. The number of fused-ring (bicyclic) bond motifs is 8. The molecule has 1 nitrogen and oxygen atoms in total. The second kappa shape index (κ2) is 10.8. The molecule has 2 aliphatic rings. The van der Waals surface area contributed by atoms with Crippen LogP contribution in [0.25, 0.3) is 98.7 Å². The quantitative estimate of drug-likeness (QED) is 0.169. The van der Waals surface area contributed by atoms with Crippen LogP contribution in [0.2, 0.25) is 0 Å². The smallest absolute Gasteiger partial charge is 0.0632 e. The minimum atomic E-state index is 1.22. The third-order valence-electron chi connectivity index (χ3n) is 11.6. The molecule has 0 saturated carbocycles. The van der Waals surface area contributed by atoms with Crippen LogP contribution in [0.15, 0.2) is 188 Å². The fraction of sp³-hybridized carbons (Fsp3) is 0. The van der Waals surface area contributed by atoms with Gasteiger partial charge in [-0.25, -0.2) is 0 Å². The van der Waals surface area contributed by atoms with Crippen LogP contribution in [0, 0.1) is 0 Å². The molecule has 2 heterocycles. The first-order valence-corrected chi connectivity index (χ1v) is 18.5. The lowest BCUT2D eigenvalue weighted by Crippen LogP contribution is -2.21. The molecule has 2 aliphatic heterocycles. The summed E-state index contributed by atoms with van der Waals surface area (Å²) in [6.07, 6.45) is 0. The normalized spacial score (nSPS) is 12.5. The summed E-state index contributed by atoms with van der Waals surface area (Å²) in [6, 6.07) is 69.8. The minimum absolute atomic E-state index is 1.22. The standard InChI is InChI=1S/C52H31N/c1-4-16-32(17-5-1)35-30-44-42-28-14-26-40-36-22-10-12-24-38(36)46(33-18-6-2-7-19-33)51(48(40)42)53-50(44)45(31-35)43-29-15-27-41-37-23-11-13-25-39(37)47(52(53)49(41)43)34-20-8-3-9-21-34/h1-31H. The van der Waals surface area contributed by atoms with Crippen LogP contribution in [-0.4, -0.2) is 0 Å². The van der Waals surface area contributed by atoms with E-state index < -0.39 is 0 Å². The summed E-state index contributed by atoms with van der Waals surface area (Å²) in [5.41, 5.74) is 16.3. The molecule has 0 fully saturated rings. The maximum atomic E-state index is 2.69. The first-order chi connectivity index (χ1) is 26.3. The SMILES string of the molecule is c1ccc(-c2cc3c4c(c2)-c2cccc5c2c(c(-c2ccccc2)c2ccccc25)N4c2c(-c4ccccc4)c4ccccc4c4cccc-3c24)cc1. The Kier molecular flexibility index (Phi) is 5.84. The highest BCUT2D eigenvalue weighted by molar-refractivity contribution is 6.35. The van der Waals surface area contributed by atoms with Crippen LogP contribution >= 0.6 is 0 Å². The summed E-state index contributed by atoms with van der Waals surface area (Å²) in [7, 11) is 0. The average Bonchev–Trinajstić information content (AvgIpc) is 3.24. The van der Waals surface area contributed by atoms with Gasteiger partial charge in [-0.15, -0.1) is 0 Å². The molecule has 0 spiro atoms. The van der Waals surface area contributed by atoms with E-state index in [-0.39, 0.29) is 0 Å². The van der Waals surface area contributed by atoms with Crippen molar-refractivity contribution in [3.05, 3.63) is 188 Å². The third-order valence-corrected chi connectivity index (χ3v) is 11.6. The van der Waals surface area contributed by atoms with Crippen molar-refractivity contribution in [3.63, 3.8) is 0 Å². The topological polar surface area (TPSA) is 3.24 Å². The average molecular weight is 670 g/mol. The Morgan fingerprint density at radius 1 is 0.245 bits per heavy atom. The Hall–Kier alpha value is -6.96. The zero-order valence-electron chi connectivity index (χ0n) is 28.8. The fourth-order valence-electron chi connectivity index (χ4n) is 9.55. The van der Waals surface area contributed by atoms with Crippen LogP contribution < -0.4 is 4.90 Å². The second-order valence-corrected chi connectivity index (χ2v) is 14.3. The van der Waals surface area contributed by atoms with Crippen molar-refractivity contribution >= 4 is 60.2 Å². The van der Waals surface area contributed by atoms with Gasteiger partial charge in [-0.3, -0.25) is 0 Å². The maximum Gasteiger partial charge on any atom is 0.0632 e. The number of hydrogen-bond acceptors (Lipinski definition) is 1. The fourth-order valence-corrected chi connectivity index (χ4v) is 9.55. The molecule has 0 bridgehead atoms. The molecule has 1 heteroatoms. The number of anilines is 3. The van der Waals surface area contributed by atoms with Crippen molar-refractivity contribution < 1.29 is 0 Å². The van der Waals surface area contributed by atoms with Gasteiger partial charge in [-0.05, 0) is 77.8 Å². The van der Waals surface area contributed by atoms with Gasteiger partial charge in [0.25, 0.3) is 0 Å². The Bertz CT molecular complexity index is 2950. The van der Waals surface area contributed by atoms with Gasteiger partial charge >= 0.3 is 0 Å². The summed E-state index contributed by atoms with van der Waals surface area (Å²) >= 11 is 0. The number of nitrogens with zero attached hydrogens (tertiary/aromatic N) is 1. The van der Waals surface area contributed by atoms with Crippen LogP contribution in [0.4, 0.5) is 17.1 Å². The predicted octanol–water partition coefficient (Wildman–Crippen LogP) is 14.7. The molecule has 12 rings (SSSR count). The molecule has 53 heavy (non-hydrogen) atoms. The Labute approximate surface area is 307 Å². The molecule has 0 N–H and O–H groups in total. The van der Waals surface area contributed by atoms with Gasteiger partial charge < -0.3 is 4.90 Å². The highest BCUT2D eigenvalue weighted by Gasteiger charge is 2.39. The molecule has 0 atom stereocenters. The van der Waals surface area contributed by atoms with Gasteiger partial charge in [-0.2, -0.15) is 0 Å². The first kappa shape index (κ1) is 28.7. The lowest BCUT2D eigenvalue weighted by molar-refractivity contribution is 1.29. The van der Waals surface area contributed by atoms with E-state index in [1.165, 1.54) is 116 Å². The molecular weight excluding hydrogens is 639 g/mol. The Balaban J connectivity index is 1.38. The van der Waals surface area contributed by atoms with E-state index in [0.717, 1.165) is 0 Å². The Morgan fingerprint density at radius 2 is 0.623 bits per heavy atom. The zero-order chi connectivity index (χ0) is 34.6. The molecule has 0 saturated heterocycles. The van der Waals surface area contributed by atoms with Crippen molar-refractivity contribution in [1.82, 2.24) is 0 Å². The van der Waals surface area contributed by atoms with Crippen molar-refractivity contribution in [2.24, 2.45) is 0 Å². The molecule has 10 aromatic carbocycles. The van der Waals surface area contributed by atoms with Gasteiger partial charge in [0.05, 0.1) is 17.1 Å². The second-order valence-electron chi connectivity index (χ2n) is 14.3. The van der Waals surface area contributed by atoms with Crippen molar-refractivity contribution in [1.29, 1.82) is 0 Å². The number of rotatable bonds is 3. The molecule has 0 radical (unpaired) electrons. The number of hydrogen-bond donors (Lipinski definition) is 0. The van der Waals surface area contributed by atoms with Crippen molar-refractivity contribution in [2.75, 3.05) is 4.90 Å². The van der Waals surface area contributed by atoms with E-state index >= 15 is 0 Å². The highest BCUT2D eigenvalue weighted by atomic mass is 15.2. The predicted molar refractivity (Wildman–Crippen MR) is 225 cm³/mol. The van der Waals surface area contributed by atoms with Gasteiger partial charge in [-0.1, -0.05) is 176 Å². The van der Waals surface area contributed by atoms with Crippen LogP contribution in [0.3, 0.4) is 0 Å². The van der Waals surface area contributed by atoms with E-state index in [0.29, 0.717) is 0 Å². The molecule has 10 aromatic rings. The maximum absolute atomic E-state index is 2.69. The van der Waals surface area contributed by atoms with Crippen molar-refractivity contribution in [3.8, 4) is 55.6 Å². The van der Waals surface area contributed by atoms with Gasteiger partial charge in [0.1, 0.15) is 0 Å². The monoisotopic (exact) mass is 669 g/mol. The summed E-state index contributed by atoms with van der Waals surface area (Å²) in [6.45, 7) is 0. The van der Waals surface area contributed by atoms with Crippen LogP contribution in [-0.2, 0) is 0 Å². The molecule has 0 aliphatic carbocycles. The van der Waals surface area contributed by atoms with E-state index in [4.69, 9.17) is 0 Å². The molecular formula is C52H31N. The lowest BCUT2D eigenvalue weighted by Gasteiger charge is -2.42. The van der Waals surface area contributed by atoms with Gasteiger partial charge in [0, 0.05) is 33.0 Å². The zero-order valence-corrected chi connectivity index (χ0v) is 28.8. The van der Waals surface area contributed by atoms with E-state index in [1.807, 2.05) is 0 Å². The molecule has 0 amide bonds. The molecule has 0 aromatic heterocycles. The summed E-state index contributed by atoms with van der Waals surface area (Å²) in [4.78, 5) is 2.69. The van der Waals surface area contributed by atoms with E-state index in [9.17, 15) is 0 Å². The van der Waals surface area contributed by atoms with E-state index in [2.05, 4.69) is 193 Å². The third kappa shape index (κ3) is 3.86. The van der Waals surface area contributed by atoms with E-state index in [1.54, 1.807) is 0 Å². The van der Waals surface area contributed by atoms with Gasteiger partial charge in [0.2, 0.25) is 0 Å². The molecule has 244 valence electrons. The largest absolute Gasteiger partial charge is 0.307 e. The number of benzene rings is 10. The summed E-state index contributed by atoms with van der Waals surface area (Å²) in [5.74, 6) is 0. The van der Waals surface area contributed by atoms with Crippen LogP contribution in [0.1, 0.15) is 0 Å². The first-order valence-electron chi connectivity index (χ1n) is 18.5.